The van der Waals surface area contributed by atoms with Gasteiger partial charge in [0, 0.05) is 20.1 Å². The fraction of sp³-hybridized carbons (Fsp3) is 0.667. The van der Waals surface area contributed by atoms with E-state index < -0.39 is 16.6 Å². The summed E-state index contributed by atoms with van der Waals surface area (Å²) in [5.74, 6) is 0.537. The van der Waals surface area contributed by atoms with Crippen molar-refractivity contribution in [1.82, 2.24) is 9.97 Å². The number of rotatable bonds is 4. The van der Waals surface area contributed by atoms with Crippen LogP contribution < -0.4 is 10.2 Å². The molecule has 2 N–H and O–H groups in total. The second kappa shape index (κ2) is 5.78. The molecule has 1 aromatic rings. The summed E-state index contributed by atoms with van der Waals surface area (Å²) in [5.41, 5.74) is -0.701. The molecule has 0 bridgehead atoms. The van der Waals surface area contributed by atoms with Gasteiger partial charge in [-0.25, -0.2) is 4.98 Å². The maximum absolute atomic E-state index is 11.2. The molecule has 1 unspecified atom stereocenters. The fourth-order valence-electron chi connectivity index (χ4n) is 2.40. The first-order valence-corrected chi connectivity index (χ1v) is 6.59. The Hall–Kier alpha value is -2.00. The number of morpholine rings is 1. The number of nitrogens with one attached hydrogen (secondary N) is 1. The zero-order valence-corrected chi connectivity index (χ0v) is 12.2. The van der Waals surface area contributed by atoms with Crippen molar-refractivity contribution >= 4 is 17.5 Å². The second-order valence-electron chi connectivity index (χ2n) is 5.47. The summed E-state index contributed by atoms with van der Waals surface area (Å²) < 4.78 is 5.71. The van der Waals surface area contributed by atoms with Crippen LogP contribution in [-0.4, -0.2) is 58.4 Å². The molecule has 21 heavy (non-hydrogen) atoms. The number of ether oxygens (including phenoxy) is 1. The molecule has 1 fully saturated rings. The lowest BCUT2D eigenvalue weighted by Crippen LogP contribution is -2.54. The van der Waals surface area contributed by atoms with Gasteiger partial charge < -0.3 is 20.1 Å². The molecule has 0 spiro atoms. The number of nitrogens with zero attached hydrogens (tertiary/aromatic N) is 4. The van der Waals surface area contributed by atoms with E-state index in [1.165, 1.54) is 6.20 Å². The van der Waals surface area contributed by atoms with Gasteiger partial charge in [0.05, 0.1) is 23.2 Å². The fourth-order valence-corrected chi connectivity index (χ4v) is 2.40. The van der Waals surface area contributed by atoms with Crippen molar-refractivity contribution < 1.29 is 14.8 Å². The van der Waals surface area contributed by atoms with E-state index in [-0.39, 0.29) is 18.1 Å². The summed E-state index contributed by atoms with van der Waals surface area (Å²) in [7, 11) is 1.64. The van der Waals surface area contributed by atoms with Gasteiger partial charge in [-0.2, -0.15) is 4.98 Å². The molecule has 1 saturated heterocycles. The highest BCUT2D eigenvalue weighted by molar-refractivity contribution is 5.59. The molecule has 1 aliphatic heterocycles. The minimum absolute atomic E-state index is 0.155. The molecule has 0 aliphatic carbocycles. The monoisotopic (exact) mass is 297 g/mol. The summed E-state index contributed by atoms with van der Waals surface area (Å²) in [5, 5.41) is 23.3. The number of hydrogen-bond acceptors (Lipinski definition) is 8. The van der Waals surface area contributed by atoms with Crippen LogP contribution in [0.25, 0.3) is 0 Å². The van der Waals surface area contributed by atoms with E-state index in [1.807, 2.05) is 13.8 Å². The Bertz CT molecular complexity index is 536. The summed E-state index contributed by atoms with van der Waals surface area (Å²) in [6.07, 6.45) is 0.770. The first kappa shape index (κ1) is 15.4. The topological polar surface area (TPSA) is 114 Å². The van der Waals surface area contributed by atoms with Gasteiger partial charge in [-0.3, -0.25) is 10.1 Å². The minimum Gasteiger partial charge on any atom is -0.394 e. The highest BCUT2D eigenvalue weighted by atomic mass is 16.6. The maximum atomic E-state index is 11.2. The summed E-state index contributed by atoms with van der Waals surface area (Å²) in [6, 6.07) is 0. The first-order chi connectivity index (χ1) is 9.86. The minimum atomic E-state index is -0.537. The Morgan fingerprint density at radius 2 is 2.38 bits per heavy atom. The van der Waals surface area contributed by atoms with Gasteiger partial charge in [0.1, 0.15) is 6.20 Å². The van der Waals surface area contributed by atoms with E-state index in [0.29, 0.717) is 19.0 Å². The van der Waals surface area contributed by atoms with E-state index in [9.17, 15) is 15.2 Å². The van der Waals surface area contributed by atoms with Crippen molar-refractivity contribution in [2.45, 2.75) is 25.6 Å². The smallest absolute Gasteiger partial charge is 0.329 e. The number of hydrogen-bond donors (Lipinski definition) is 2. The number of anilines is 2. The molecule has 9 nitrogen and oxygen atoms in total. The normalized spacial score (nSPS) is 21.1. The second-order valence-corrected chi connectivity index (χ2v) is 5.47. The van der Waals surface area contributed by atoms with Crippen LogP contribution in [0.2, 0.25) is 0 Å². The molecule has 0 aromatic carbocycles. The average Bonchev–Trinajstić information content (AvgIpc) is 2.44. The highest BCUT2D eigenvalue weighted by Gasteiger charge is 2.36. The standard InChI is InChI=1S/C12H19N5O4/c1-12(2)7-16(5-8(6-18)21-12)10-9(17(19)20)4-14-11(13-3)15-10/h4,8,18H,5-7H2,1-3H3,(H,13,14,15). The Kier molecular flexibility index (Phi) is 4.24. The number of aromatic nitrogens is 2. The average molecular weight is 297 g/mol. The van der Waals surface area contributed by atoms with Gasteiger partial charge in [0.25, 0.3) is 0 Å². The SMILES string of the molecule is CNc1ncc([N+](=O)[O-])c(N2CC(CO)OC(C)(C)C2)n1. The Morgan fingerprint density at radius 1 is 1.67 bits per heavy atom. The predicted molar refractivity (Wildman–Crippen MR) is 76.5 cm³/mol. The largest absolute Gasteiger partial charge is 0.394 e. The molecule has 2 heterocycles. The predicted octanol–water partition coefficient (Wildman–Crippen LogP) is 0.403. The van der Waals surface area contributed by atoms with Crippen LogP contribution in [0.5, 0.6) is 0 Å². The molecular formula is C12H19N5O4. The van der Waals surface area contributed by atoms with Crippen LogP contribution in [0.15, 0.2) is 6.20 Å². The molecule has 1 atom stereocenters. The number of aliphatic hydroxyl groups is 1. The van der Waals surface area contributed by atoms with Crippen molar-refractivity contribution in [1.29, 1.82) is 0 Å². The van der Waals surface area contributed by atoms with E-state index in [0.717, 1.165) is 0 Å². The third kappa shape index (κ3) is 3.37. The van der Waals surface area contributed by atoms with Crippen molar-refractivity contribution in [3.63, 3.8) is 0 Å². The van der Waals surface area contributed by atoms with Crippen molar-refractivity contribution in [3.05, 3.63) is 16.3 Å². The van der Waals surface area contributed by atoms with Gasteiger partial charge in [-0.05, 0) is 13.8 Å². The van der Waals surface area contributed by atoms with Gasteiger partial charge in [-0.15, -0.1) is 0 Å². The lowest BCUT2D eigenvalue weighted by atomic mass is 10.1. The lowest BCUT2D eigenvalue weighted by molar-refractivity contribution is -0.384. The van der Waals surface area contributed by atoms with Crippen LogP contribution >= 0.6 is 0 Å². The summed E-state index contributed by atoms with van der Waals surface area (Å²) in [6.45, 7) is 4.35. The zero-order valence-electron chi connectivity index (χ0n) is 12.2. The molecule has 1 aromatic heterocycles. The van der Waals surface area contributed by atoms with Crippen molar-refractivity contribution in [2.75, 3.05) is 37.0 Å². The first-order valence-electron chi connectivity index (χ1n) is 6.59. The molecule has 0 saturated carbocycles. The lowest BCUT2D eigenvalue weighted by Gasteiger charge is -2.42. The molecule has 0 radical (unpaired) electrons. The summed E-state index contributed by atoms with van der Waals surface area (Å²) >= 11 is 0. The van der Waals surface area contributed by atoms with E-state index in [1.54, 1.807) is 11.9 Å². The Morgan fingerprint density at radius 3 is 2.95 bits per heavy atom. The van der Waals surface area contributed by atoms with Crippen molar-refractivity contribution in [2.24, 2.45) is 0 Å². The Balaban J connectivity index is 2.41. The van der Waals surface area contributed by atoms with Crippen LogP contribution in [0.3, 0.4) is 0 Å². The van der Waals surface area contributed by atoms with E-state index in [2.05, 4.69) is 15.3 Å². The molecule has 116 valence electrons. The molecule has 1 aliphatic rings. The van der Waals surface area contributed by atoms with Gasteiger partial charge >= 0.3 is 5.69 Å². The summed E-state index contributed by atoms with van der Waals surface area (Å²) in [4.78, 5) is 20.5. The number of nitro groups is 1. The highest BCUT2D eigenvalue weighted by Crippen LogP contribution is 2.31. The van der Waals surface area contributed by atoms with Crippen LogP contribution in [0, 0.1) is 10.1 Å². The molecular weight excluding hydrogens is 278 g/mol. The number of aliphatic hydroxyl groups excluding tert-OH is 1. The van der Waals surface area contributed by atoms with Crippen LogP contribution in [0.4, 0.5) is 17.5 Å². The van der Waals surface area contributed by atoms with Gasteiger partial charge in [-0.1, -0.05) is 0 Å². The molecule has 0 amide bonds. The van der Waals surface area contributed by atoms with Crippen LogP contribution in [-0.2, 0) is 4.74 Å². The third-order valence-electron chi connectivity index (χ3n) is 3.15. The molecule has 2 rings (SSSR count). The van der Waals surface area contributed by atoms with Gasteiger partial charge in [0.2, 0.25) is 11.8 Å². The third-order valence-corrected chi connectivity index (χ3v) is 3.15. The molecule has 9 heteroatoms. The Labute approximate surface area is 122 Å². The zero-order chi connectivity index (χ0) is 15.6. The van der Waals surface area contributed by atoms with E-state index in [4.69, 9.17) is 4.74 Å². The van der Waals surface area contributed by atoms with Gasteiger partial charge in [0.15, 0.2) is 0 Å². The quantitative estimate of drug-likeness (QED) is 0.606. The van der Waals surface area contributed by atoms with E-state index >= 15 is 0 Å². The van der Waals surface area contributed by atoms with Crippen molar-refractivity contribution in [3.8, 4) is 0 Å². The van der Waals surface area contributed by atoms with Crippen LogP contribution in [0.1, 0.15) is 13.8 Å². The maximum Gasteiger partial charge on any atom is 0.329 e.